The van der Waals surface area contributed by atoms with Crippen LogP contribution in [0.15, 0.2) is 42.6 Å². The van der Waals surface area contributed by atoms with E-state index in [4.69, 9.17) is 5.73 Å². The van der Waals surface area contributed by atoms with Gasteiger partial charge >= 0.3 is 5.69 Å². The van der Waals surface area contributed by atoms with Crippen LogP contribution < -0.4 is 10.6 Å². The average molecular weight is 286 g/mol. The van der Waals surface area contributed by atoms with Gasteiger partial charge in [0.05, 0.1) is 4.92 Å². The molecule has 0 bridgehead atoms. The molecule has 0 aliphatic heterocycles. The standard InChI is InChI=1S/C15H18N4O2/c1-12-7-9-17-15(14(12)19(20)21)18(10-8-16)11-13-5-3-2-4-6-13/h2-7,9H,8,10-11,16H2,1H3. The van der Waals surface area contributed by atoms with Crippen molar-refractivity contribution in [3.63, 3.8) is 0 Å². The van der Waals surface area contributed by atoms with Crippen molar-refractivity contribution in [1.29, 1.82) is 0 Å². The third kappa shape index (κ3) is 3.55. The van der Waals surface area contributed by atoms with Gasteiger partial charge in [-0.25, -0.2) is 4.98 Å². The highest BCUT2D eigenvalue weighted by Gasteiger charge is 2.23. The van der Waals surface area contributed by atoms with Crippen LogP contribution in [0.3, 0.4) is 0 Å². The van der Waals surface area contributed by atoms with Crippen LogP contribution in [0.25, 0.3) is 0 Å². The number of nitrogens with two attached hydrogens (primary N) is 1. The summed E-state index contributed by atoms with van der Waals surface area (Å²) in [6.45, 7) is 3.16. The molecule has 110 valence electrons. The molecule has 1 heterocycles. The van der Waals surface area contributed by atoms with E-state index in [1.54, 1.807) is 19.2 Å². The number of aryl methyl sites for hydroxylation is 1. The molecule has 21 heavy (non-hydrogen) atoms. The van der Waals surface area contributed by atoms with Crippen molar-refractivity contribution in [3.05, 3.63) is 63.8 Å². The minimum atomic E-state index is -0.383. The van der Waals surface area contributed by atoms with Gasteiger partial charge in [0.15, 0.2) is 0 Å². The molecule has 1 aromatic heterocycles. The number of hydrogen-bond donors (Lipinski definition) is 1. The highest BCUT2D eigenvalue weighted by molar-refractivity contribution is 5.61. The summed E-state index contributed by atoms with van der Waals surface area (Å²) in [5.41, 5.74) is 7.34. The Balaban J connectivity index is 2.39. The molecule has 0 aliphatic carbocycles. The molecular formula is C15H18N4O2. The van der Waals surface area contributed by atoms with Gasteiger partial charge in [-0.3, -0.25) is 10.1 Å². The van der Waals surface area contributed by atoms with Crippen LogP contribution in [0.1, 0.15) is 11.1 Å². The molecule has 0 aliphatic rings. The molecular weight excluding hydrogens is 268 g/mol. The quantitative estimate of drug-likeness (QED) is 0.650. The van der Waals surface area contributed by atoms with Crippen LogP contribution in [-0.2, 0) is 6.54 Å². The van der Waals surface area contributed by atoms with E-state index in [1.165, 1.54) is 0 Å². The molecule has 6 nitrogen and oxygen atoms in total. The molecule has 0 saturated carbocycles. The number of anilines is 1. The van der Waals surface area contributed by atoms with Gasteiger partial charge in [-0.05, 0) is 18.6 Å². The van der Waals surface area contributed by atoms with Gasteiger partial charge in [-0.2, -0.15) is 0 Å². The van der Waals surface area contributed by atoms with Crippen LogP contribution in [0.4, 0.5) is 11.5 Å². The zero-order chi connectivity index (χ0) is 15.2. The summed E-state index contributed by atoms with van der Waals surface area (Å²) in [6.07, 6.45) is 1.59. The number of rotatable bonds is 6. The summed E-state index contributed by atoms with van der Waals surface area (Å²) < 4.78 is 0. The molecule has 0 spiro atoms. The molecule has 0 saturated heterocycles. The lowest BCUT2D eigenvalue weighted by molar-refractivity contribution is -0.384. The molecule has 0 radical (unpaired) electrons. The average Bonchev–Trinajstić information content (AvgIpc) is 2.47. The van der Waals surface area contributed by atoms with Crippen LogP contribution in [-0.4, -0.2) is 23.0 Å². The SMILES string of the molecule is Cc1ccnc(N(CCN)Cc2ccccc2)c1[N+](=O)[O-]. The molecule has 1 aromatic carbocycles. The fourth-order valence-electron chi connectivity index (χ4n) is 2.21. The molecule has 0 fully saturated rings. The van der Waals surface area contributed by atoms with Gasteiger partial charge in [-0.1, -0.05) is 30.3 Å². The minimum absolute atomic E-state index is 0.0434. The first-order valence-corrected chi connectivity index (χ1v) is 6.72. The molecule has 2 aromatic rings. The number of pyridine rings is 1. The Morgan fingerprint density at radius 2 is 2.00 bits per heavy atom. The minimum Gasteiger partial charge on any atom is -0.345 e. The van der Waals surface area contributed by atoms with E-state index < -0.39 is 0 Å². The third-order valence-corrected chi connectivity index (χ3v) is 3.20. The van der Waals surface area contributed by atoms with E-state index in [1.807, 2.05) is 35.2 Å². The maximum absolute atomic E-state index is 11.3. The molecule has 2 N–H and O–H groups in total. The fraction of sp³-hybridized carbons (Fsp3) is 0.267. The van der Waals surface area contributed by atoms with Gasteiger partial charge in [0.1, 0.15) is 0 Å². The molecule has 0 amide bonds. The second-order valence-corrected chi connectivity index (χ2v) is 4.75. The van der Waals surface area contributed by atoms with Gasteiger partial charge in [0, 0.05) is 31.4 Å². The van der Waals surface area contributed by atoms with Gasteiger partial charge in [0.25, 0.3) is 0 Å². The molecule has 6 heteroatoms. The van der Waals surface area contributed by atoms with Crippen LogP contribution in [0.2, 0.25) is 0 Å². The van der Waals surface area contributed by atoms with E-state index >= 15 is 0 Å². The Morgan fingerprint density at radius 1 is 1.29 bits per heavy atom. The van der Waals surface area contributed by atoms with Crippen LogP contribution >= 0.6 is 0 Å². The molecule has 0 unspecified atom stereocenters. The Bertz CT molecular complexity index is 616. The summed E-state index contributed by atoms with van der Waals surface area (Å²) >= 11 is 0. The van der Waals surface area contributed by atoms with E-state index in [0.29, 0.717) is 31.0 Å². The maximum Gasteiger partial charge on any atom is 0.314 e. The fourth-order valence-corrected chi connectivity index (χ4v) is 2.21. The zero-order valence-electron chi connectivity index (χ0n) is 11.9. The lowest BCUT2D eigenvalue weighted by atomic mass is 10.2. The van der Waals surface area contributed by atoms with Crippen molar-refractivity contribution in [2.24, 2.45) is 5.73 Å². The summed E-state index contributed by atoms with van der Waals surface area (Å²) in [4.78, 5) is 17.0. The second-order valence-electron chi connectivity index (χ2n) is 4.75. The molecule has 2 rings (SSSR count). The second kappa shape index (κ2) is 6.81. The van der Waals surface area contributed by atoms with Crippen molar-refractivity contribution in [3.8, 4) is 0 Å². The normalized spacial score (nSPS) is 10.4. The first-order chi connectivity index (χ1) is 10.1. The molecule has 0 atom stereocenters. The number of nitro groups is 1. The van der Waals surface area contributed by atoms with E-state index in [9.17, 15) is 10.1 Å². The zero-order valence-corrected chi connectivity index (χ0v) is 11.9. The van der Waals surface area contributed by atoms with Crippen molar-refractivity contribution < 1.29 is 4.92 Å². The Hall–Kier alpha value is -2.47. The lowest BCUT2D eigenvalue weighted by Gasteiger charge is -2.23. The topological polar surface area (TPSA) is 85.3 Å². The van der Waals surface area contributed by atoms with Crippen molar-refractivity contribution in [1.82, 2.24) is 4.98 Å². The summed E-state index contributed by atoms with van der Waals surface area (Å²) in [7, 11) is 0. The van der Waals surface area contributed by atoms with Crippen molar-refractivity contribution in [2.45, 2.75) is 13.5 Å². The Labute approximate surface area is 123 Å². The van der Waals surface area contributed by atoms with E-state index in [0.717, 1.165) is 5.56 Å². The van der Waals surface area contributed by atoms with Crippen molar-refractivity contribution in [2.75, 3.05) is 18.0 Å². The maximum atomic E-state index is 11.3. The van der Waals surface area contributed by atoms with Gasteiger partial charge in [0.2, 0.25) is 5.82 Å². The summed E-state index contributed by atoms with van der Waals surface area (Å²) in [5, 5.41) is 11.3. The highest BCUT2D eigenvalue weighted by atomic mass is 16.6. The smallest absolute Gasteiger partial charge is 0.314 e. The van der Waals surface area contributed by atoms with Crippen LogP contribution in [0, 0.1) is 17.0 Å². The number of hydrogen-bond acceptors (Lipinski definition) is 5. The van der Waals surface area contributed by atoms with Gasteiger partial charge < -0.3 is 10.6 Å². The van der Waals surface area contributed by atoms with E-state index in [2.05, 4.69) is 4.98 Å². The van der Waals surface area contributed by atoms with Gasteiger partial charge in [-0.15, -0.1) is 0 Å². The number of nitrogens with zero attached hydrogens (tertiary/aromatic N) is 3. The first kappa shape index (κ1) is 14.9. The predicted molar refractivity (Wildman–Crippen MR) is 82.2 cm³/mol. The lowest BCUT2D eigenvalue weighted by Crippen LogP contribution is -2.30. The third-order valence-electron chi connectivity index (χ3n) is 3.20. The highest BCUT2D eigenvalue weighted by Crippen LogP contribution is 2.29. The predicted octanol–water partition coefficient (Wildman–Crippen LogP) is 2.26. The van der Waals surface area contributed by atoms with Crippen LogP contribution in [0.5, 0.6) is 0 Å². The van der Waals surface area contributed by atoms with E-state index in [-0.39, 0.29) is 10.6 Å². The number of aromatic nitrogens is 1. The largest absolute Gasteiger partial charge is 0.345 e. The monoisotopic (exact) mass is 286 g/mol. The number of benzene rings is 1. The summed E-state index contributed by atoms with van der Waals surface area (Å²) in [5.74, 6) is 0.370. The Morgan fingerprint density at radius 3 is 2.62 bits per heavy atom. The Kier molecular flexibility index (Phi) is 4.84. The first-order valence-electron chi connectivity index (χ1n) is 6.72. The van der Waals surface area contributed by atoms with Crippen molar-refractivity contribution >= 4 is 11.5 Å². The summed E-state index contributed by atoms with van der Waals surface area (Å²) in [6, 6.07) is 11.4.